The molecule has 0 radical (unpaired) electrons. The van der Waals surface area contributed by atoms with E-state index in [4.69, 9.17) is 0 Å². The molecule has 0 unspecified atom stereocenters. The highest BCUT2D eigenvalue weighted by atomic mass is 79.9. The SMILES string of the molecule is Cc1cc(Br)c(S(=O)(=O)Cc2ccc3ccccc3c2Br)cc1C(=O)O. The number of carboxylic acid groups (broad SMARTS) is 1. The van der Waals surface area contributed by atoms with Crippen molar-refractivity contribution in [2.45, 2.75) is 17.6 Å². The first-order chi connectivity index (χ1) is 12.2. The van der Waals surface area contributed by atoms with Gasteiger partial charge in [0.2, 0.25) is 0 Å². The smallest absolute Gasteiger partial charge is 0.335 e. The lowest BCUT2D eigenvalue weighted by Crippen LogP contribution is -2.09. The maximum Gasteiger partial charge on any atom is 0.335 e. The molecule has 4 nitrogen and oxygen atoms in total. The van der Waals surface area contributed by atoms with Crippen LogP contribution in [0.5, 0.6) is 0 Å². The molecule has 0 bridgehead atoms. The van der Waals surface area contributed by atoms with Gasteiger partial charge in [-0.15, -0.1) is 0 Å². The summed E-state index contributed by atoms with van der Waals surface area (Å²) in [6, 6.07) is 14.1. The molecule has 0 aliphatic carbocycles. The summed E-state index contributed by atoms with van der Waals surface area (Å²) in [5.41, 5.74) is 1.09. The lowest BCUT2D eigenvalue weighted by atomic mass is 10.1. The number of benzene rings is 3. The minimum Gasteiger partial charge on any atom is -0.478 e. The fourth-order valence-corrected chi connectivity index (χ4v) is 6.27. The Morgan fingerprint density at radius 1 is 1.08 bits per heavy atom. The standard InChI is InChI=1S/C19H14Br2O4S/c1-11-8-16(20)17(9-15(11)19(22)23)26(24,25)10-13-7-6-12-4-2-3-5-14(12)18(13)21/h2-9H,10H2,1H3,(H,22,23). The van der Waals surface area contributed by atoms with Crippen LogP contribution in [0.4, 0.5) is 0 Å². The van der Waals surface area contributed by atoms with Crippen molar-refractivity contribution in [2.75, 3.05) is 0 Å². The van der Waals surface area contributed by atoms with Crippen LogP contribution in [0.25, 0.3) is 10.8 Å². The molecule has 3 aromatic carbocycles. The lowest BCUT2D eigenvalue weighted by molar-refractivity contribution is 0.0696. The summed E-state index contributed by atoms with van der Waals surface area (Å²) < 4.78 is 27.0. The van der Waals surface area contributed by atoms with Crippen molar-refractivity contribution >= 4 is 58.4 Å². The summed E-state index contributed by atoms with van der Waals surface area (Å²) >= 11 is 6.76. The Morgan fingerprint density at radius 2 is 1.77 bits per heavy atom. The number of carbonyl (C=O) groups is 1. The van der Waals surface area contributed by atoms with Gasteiger partial charge >= 0.3 is 5.97 Å². The highest BCUT2D eigenvalue weighted by Gasteiger charge is 2.23. The van der Waals surface area contributed by atoms with Gasteiger partial charge in [0.05, 0.1) is 16.2 Å². The van der Waals surface area contributed by atoms with E-state index >= 15 is 0 Å². The van der Waals surface area contributed by atoms with Crippen molar-refractivity contribution in [3.05, 3.63) is 74.2 Å². The number of carboxylic acids is 1. The van der Waals surface area contributed by atoms with E-state index in [1.54, 1.807) is 13.0 Å². The predicted octanol–water partition coefficient (Wildman–Crippen LogP) is 5.35. The van der Waals surface area contributed by atoms with Crippen molar-refractivity contribution in [1.29, 1.82) is 0 Å². The summed E-state index contributed by atoms with van der Waals surface area (Å²) in [7, 11) is -3.75. The molecule has 0 saturated carbocycles. The first-order valence-corrected chi connectivity index (χ1v) is 10.9. The van der Waals surface area contributed by atoms with Gasteiger partial charge in [0.15, 0.2) is 9.84 Å². The van der Waals surface area contributed by atoms with Gasteiger partial charge in [-0.2, -0.15) is 0 Å². The zero-order chi connectivity index (χ0) is 19.1. The molecular weight excluding hydrogens is 484 g/mol. The van der Waals surface area contributed by atoms with Crippen LogP contribution in [0.1, 0.15) is 21.5 Å². The topological polar surface area (TPSA) is 71.4 Å². The highest BCUT2D eigenvalue weighted by Crippen LogP contribution is 2.33. The Kier molecular flexibility index (Phi) is 5.23. The molecule has 0 atom stereocenters. The molecule has 3 rings (SSSR count). The van der Waals surface area contributed by atoms with Crippen LogP contribution < -0.4 is 0 Å². The molecule has 0 saturated heterocycles. The molecule has 134 valence electrons. The van der Waals surface area contributed by atoms with Crippen LogP contribution in [-0.4, -0.2) is 19.5 Å². The van der Waals surface area contributed by atoms with Crippen LogP contribution >= 0.6 is 31.9 Å². The average molecular weight is 498 g/mol. The number of hydrogen-bond donors (Lipinski definition) is 1. The van der Waals surface area contributed by atoms with E-state index in [9.17, 15) is 18.3 Å². The van der Waals surface area contributed by atoms with Crippen LogP contribution in [0.3, 0.4) is 0 Å². The molecule has 0 aliphatic rings. The van der Waals surface area contributed by atoms with Crippen molar-refractivity contribution in [1.82, 2.24) is 0 Å². The van der Waals surface area contributed by atoms with E-state index in [1.807, 2.05) is 30.3 Å². The number of fused-ring (bicyclic) bond motifs is 1. The van der Waals surface area contributed by atoms with E-state index in [0.29, 0.717) is 15.6 Å². The zero-order valence-electron chi connectivity index (χ0n) is 13.7. The maximum atomic E-state index is 13.0. The number of rotatable bonds is 4. The molecule has 0 heterocycles. The minimum absolute atomic E-state index is 0.0237. The molecule has 0 spiro atoms. The Morgan fingerprint density at radius 3 is 2.46 bits per heavy atom. The number of aryl methyl sites for hydroxylation is 1. The molecule has 1 N–H and O–H groups in total. The third kappa shape index (κ3) is 3.56. The number of hydrogen-bond acceptors (Lipinski definition) is 3. The van der Waals surface area contributed by atoms with Crippen LogP contribution in [0, 0.1) is 6.92 Å². The summed E-state index contributed by atoms with van der Waals surface area (Å²) in [4.78, 5) is 11.3. The average Bonchev–Trinajstić information content (AvgIpc) is 2.57. The number of aromatic carboxylic acids is 1. The second kappa shape index (κ2) is 7.13. The molecule has 0 aromatic heterocycles. The second-order valence-electron chi connectivity index (χ2n) is 5.92. The Labute approximate surface area is 168 Å². The molecular formula is C19H14Br2O4S. The first kappa shape index (κ1) is 19.1. The van der Waals surface area contributed by atoms with E-state index in [-0.39, 0.29) is 16.2 Å². The maximum absolute atomic E-state index is 13.0. The Balaban J connectivity index is 2.09. The number of halogens is 2. The van der Waals surface area contributed by atoms with Crippen molar-refractivity contribution < 1.29 is 18.3 Å². The van der Waals surface area contributed by atoms with Gasteiger partial charge in [-0.25, -0.2) is 13.2 Å². The van der Waals surface area contributed by atoms with E-state index in [2.05, 4.69) is 31.9 Å². The first-order valence-electron chi connectivity index (χ1n) is 7.63. The molecule has 3 aromatic rings. The van der Waals surface area contributed by atoms with E-state index in [0.717, 1.165) is 15.2 Å². The van der Waals surface area contributed by atoms with Crippen molar-refractivity contribution in [2.24, 2.45) is 0 Å². The largest absolute Gasteiger partial charge is 0.478 e. The third-order valence-corrected chi connectivity index (χ3v) is 7.69. The Hall–Kier alpha value is -1.70. The third-order valence-electron chi connectivity index (χ3n) is 4.13. The van der Waals surface area contributed by atoms with Gasteiger partial charge in [-0.3, -0.25) is 0 Å². The normalized spacial score (nSPS) is 11.7. The van der Waals surface area contributed by atoms with Crippen LogP contribution in [0.15, 0.2) is 62.4 Å². The van der Waals surface area contributed by atoms with Crippen LogP contribution in [-0.2, 0) is 15.6 Å². The fourth-order valence-electron chi connectivity index (χ4n) is 2.79. The zero-order valence-corrected chi connectivity index (χ0v) is 17.7. The molecule has 0 amide bonds. The second-order valence-corrected chi connectivity index (χ2v) is 9.53. The summed E-state index contributed by atoms with van der Waals surface area (Å²) in [5.74, 6) is -1.39. The van der Waals surface area contributed by atoms with Crippen LogP contribution in [0.2, 0.25) is 0 Å². The Bertz CT molecular complexity index is 1140. The molecule has 26 heavy (non-hydrogen) atoms. The van der Waals surface area contributed by atoms with Gasteiger partial charge < -0.3 is 5.11 Å². The van der Waals surface area contributed by atoms with Gasteiger partial charge in [0.1, 0.15) is 0 Å². The van der Waals surface area contributed by atoms with Crippen molar-refractivity contribution in [3.8, 4) is 0 Å². The molecule has 7 heteroatoms. The quantitative estimate of drug-likeness (QED) is 0.527. The van der Waals surface area contributed by atoms with Gasteiger partial charge in [0, 0.05) is 8.95 Å². The summed E-state index contributed by atoms with van der Waals surface area (Å²) in [6.45, 7) is 1.63. The minimum atomic E-state index is -3.75. The number of sulfone groups is 1. The summed E-state index contributed by atoms with van der Waals surface area (Å²) in [5, 5.41) is 11.2. The predicted molar refractivity (Wildman–Crippen MR) is 108 cm³/mol. The van der Waals surface area contributed by atoms with E-state index in [1.165, 1.54) is 12.1 Å². The molecule has 0 fully saturated rings. The lowest BCUT2D eigenvalue weighted by Gasteiger charge is -2.12. The summed E-state index contributed by atoms with van der Waals surface area (Å²) in [6.07, 6.45) is 0. The fraction of sp³-hybridized carbons (Fsp3) is 0.105. The highest BCUT2D eigenvalue weighted by molar-refractivity contribution is 9.11. The van der Waals surface area contributed by atoms with Crippen molar-refractivity contribution in [3.63, 3.8) is 0 Å². The van der Waals surface area contributed by atoms with Gasteiger partial charge in [0.25, 0.3) is 0 Å². The van der Waals surface area contributed by atoms with Gasteiger partial charge in [-0.05, 0) is 72.8 Å². The van der Waals surface area contributed by atoms with Gasteiger partial charge in [-0.1, -0.05) is 36.4 Å². The monoisotopic (exact) mass is 496 g/mol. The molecule has 0 aliphatic heterocycles. The van der Waals surface area contributed by atoms with E-state index < -0.39 is 15.8 Å².